The van der Waals surface area contributed by atoms with Crippen molar-refractivity contribution in [2.24, 2.45) is 5.92 Å². The van der Waals surface area contributed by atoms with Gasteiger partial charge >= 0.3 is 6.03 Å². The number of carbonyl (C=O) groups excluding carboxylic acids is 2. The molecule has 5 rings (SSSR count). The number of hydrogen-bond donors (Lipinski definition) is 2. The van der Waals surface area contributed by atoms with Crippen LogP contribution in [0.5, 0.6) is 0 Å². The molecule has 0 aromatic heterocycles. The molecule has 3 aromatic rings. The Morgan fingerprint density at radius 3 is 2.40 bits per heavy atom. The Morgan fingerprint density at radius 2 is 1.70 bits per heavy atom. The number of amides is 2. The lowest BCUT2D eigenvalue weighted by Gasteiger charge is -2.34. The summed E-state index contributed by atoms with van der Waals surface area (Å²) in [5.74, 6) is 0.809. The Labute approximate surface area is 238 Å². The van der Waals surface area contributed by atoms with Crippen LogP contribution in [0.4, 0.5) is 4.79 Å². The Hall–Kier alpha value is -3.44. The molecular formula is C35H42N2O3. The summed E-state index contributed by atoms with van der Waals surface area (Å²) in [6.07, 6.45) is 2.88. The number of urea groups is 1. The van der Waals surface area contributed by atoms with Crippen LogP contribution in [0.25, 0.3) is 11.1 Å². The molecule has 1 fully saturated rings. The van der Waals surface area contributed by atoms with Crippen LogP contribution in [-0.2, 0) is 29.8 Å². The Morgan fingerprint density at radius 1 is 0.950 bits per heavy atom. The molecular weight excluding hydrogens is 496 g/mol. The Kier molecular flexibility index (Phi) is 7.62. The first-order valence-corrected chi connectivity index (χ1v) is 14.5. The van der Waals surface area contributed by atoms with Crippen LogP contribution >= 0.6 is 0 Å². The summed E-state index contributed by atoms with van der Waals surface area (Å²) in [6, 6.07) is 22.7. The SMILES string of the molecule is CC(C)(C)NC(=O)N1CCc2c(-c3cccc(C(C)(C)O)c3)ccc(CCC(=O)C3C[C@H]3c3ccccc3)c2C1. The van der Waals surface area contributed by atoms with Gasteiger partial charge in [-0.05, 0) is 105 Å². The lowest BCUT2D eigenvalue weighted by molar-refractivity contribution is -0.120. The van der Waals surface area contributed by atoms with E-state index in [0.29, 0.717) is 37.6 Å². The van der Waals surface area contributed by atoms with Gasteiger partial charge in [-0.15, -0.1) is 0 Å². The molecule has 2 atom stereocenters. The van der Waals surface area contributed by atoms with Crippen molar-refractivity contribution < 1.29 is 14.7 Å². The number of nitrogens with one attached hydrogen (secondary N) is 1. The maximum absolute atomic E-state index is 13.2. The number of carbonyl (C=O) groups is 2. The van der Waals surface area contributed by atoms with Gasteiger partial charge in [-0.25, -0.2) is 4.79 Å². The van der Waals surface area contributed by atoms with Crippen LogP contribution in [0.15, 0.2) is 66.7 Å². The van der Waals surface area contributed by atoms with Crippen molar-refractivity contribution in [3.63, 3.8) is 0 Å². The van der Waals surface area contributed by atoms with Crippen LogP contribution in [-0.4, -0.2) is 33.9 Å². The molecule has 5 nitrogen and oxygen atoms in total. The quantitative estimate of drug-likeness (QED) is 0.350. The standard InChI is InChI=1S/C35H42N2O3/c1-34(2,3)36-33(39)37-19-18-28-27(25-12-9-13-26(20-25)35(4,5)40)16-14-24(31(28)22-37)15-17-32(38)30-21-29(30)23-10-7-6-8-11-23/h6-14,16,20,29-30,40H,15,17-19,21-22H2,1-5H3,(H,36,39)/t29-,30?/m0/s1. The molecule has 5 heteroatoms. The van der Waals surface area contributed by atoms with E-state index in [0.717, 1.165) is 40.7 Å². The number of ketones is 1. The number of nitrogens with zero attached hydrogens (tertiary/aromatic N) is 1. The van der Waals surface area contributed by atoms with E-state index in [9.17, 15) is 14.7 Å². The van der Waals surface area contributed by atoms with Gasteiger partial charge in [-0.3, -0.25) is 4.79 Å². The lowest BCUT2D eigenvalue weighted by Crippen LogP contribution is -2.50. The summed E-state index contributed by atoms with van der Waals surface area (Å²) in [7, 11) is 0. The average Bonchev–Trinajstić information content (AvgIpc) is 3.72. The van der Waals surface area contributed by atoms with Crippen molar-refractivity contribution in [2.45, 2.75) is 83.9 Å². The molecule has 1 aliphatic heterocycles. The molecule has 1 saturated carbocycles. The summed E-state index contributed by atoms with van der Waals surface area (Å²) in [5, 5.41) is 13.7. The minimum absolute atomic E-state index is 0.0571. The second-order valence-electron chi connectivity index (χ2n) is 13.0. The fourth-order valence-electron chi connectivity index (χ4n) is 5.95. The number of fused-ring (bicyclic) bond motifs is 1. The molecule has 2 aliphatic rings. The molecule has 2 N–H and O–H groups in total. The zero-order valence-corrected chi connectivity index (χ0v) is 24.5. The van der Waals surface area contributed by atoms with Gasteiger partial charge in [0.25, 0.3) is 0 Å². The summed E-state index contributed by atoms with van der Waals surface area (Å²) < 4.78 is 0. The van der Waals surface area contributed by atoms with E-state index >= 15 is 0 Å². The van der Waals surface area contributed by atoms with Crippen molar-refractivity contribution in [3.8, 4) is 11.1 Å². The van der Waals surface area contributed by atoms with E-state index in [4.69, 9.17) is 0 Å². The highest BCUT2D eigenvalue weighted by Crippen LogP contribution is 2.48. The van der Waals surface area contributed by atoms with E-state index in [1.165, 1.54) is 11.1 Å². The van der Waals surface area contributed by atoms with Crippen molar-refractivity contribution in [1.82, 2.24) is 10.2 Å². The maximum Gasteiger partial charge on any atom is 0.318 e. The van der Waals surface area contributed by atoms with Crippen molar-refractivity contribution >= 4 is 11.8 Å². The molecule has 40 heavy (non-hydrogen) atoms. The number of aryl methyl sites for hydroxylation is 1. The van der Waals surface area contributed by atoms with E-state index in [1.54, 1.807) is 13.8 Å². The first-order valence-electron chi connectivity index (χ1n) is 14.5. The minimum Gasteiger partial charge on any atom is -0.386 e. The zero-order valence-electron chi connectivity index (χ0n) is 24.5. The van der Waals surface area contributed by atoms with Crippen molar-refractivity contribution in [2.75, 3.05) is 6.54 Å². The third-order valence-corrected chi connectivity index (χ3v) is 8.23. The number of benzene rings is 3. The van der Waals surface area contributed by atoms with Gasteiger partial charge in [-0.2, -0.15) is 0 Å². The first-order chi connectivity index (χ1) is 18.9. The molecule has 2 amide bonds. The number of hydrogen-bond acceptors (Lipinski definition) is 3. The maximum atomic E-state index is 13.2. The molecule has 210 valence electrons. The van der Waals surface area contributed by atoms with Gasteiger partial charge in [0.1, 0.15) is 5.78 Å². The topological polar surface area (TPSA) is 69.6 Å². The van der Waals surface area contributed by atoms with Gasteiger partial charge in [-0.1, -0.05) is 60.7 Å². The second-order valence-corrected chi connectivity index (χ2v) is 13.0. The average molecular weight is 539 g/mol. The van der Waals surface area contributed by atoms with Gasteiger partial charge in [0.05, 0.1) is 5.60 Å². The molecule has 0 spiro atoms. The third kappa shape index (κ3) is 6.31. The molecule has 1 heterocycles. The fraction of sp³-hybridized carbons (Fsp3) is 0.429. The van der Waals surface area contributed by atoms with Crippen molar-refractivity contribution in [1.29, 1.82) is 0 Å². The molecule has 0 bridgehead atoms. The van der Waals surface area contributed by atoms with E-state index < -0.39 is 5.60 Å². The Bertz CT molecular complexity index is 1400. The molecule has 1 aliphatic carbocycles. The van der Waals surface area contributed by atoms with Gasteiger partial charge in [0, 0.05) is 31.0 Å². The number of rotatable bonds is 7. The van der Waals surface area contributed by atoms with Crippen LogP contribution in [0, 0.1) is 5.92 Å². The second kappa shape index (κ2) is 10.9. The molecule has 0 saturated heterocycles. The predicted octanol–water partition coefficient (Wildman–Crippen LogP) is 6.75. The molecule has 1 unspecified atom stereocenters. The van der Waals surface area contributed by atoms with Crippen LogP contribution in [0.3, 0.4) is 0 Å². The summed E-state index contributed by atoms with van der Waals surface area (Å²) in [4.78, 5) is 28.2. The summed E-state index contributed by atoms with van der Waals surface area (Å²) in [6.45, 7) is 10.7. The Balaban J connectivity index is 1.41. The highest BCUT2D eigenvalue weighted by atomic mass is 16.3. The van der Waals surface area contributed by atoms with Crippen LogP contribution in [0.1, 0.15) is 81.2 Å². The number of aliphatic hydroxyl groups is 1. The van der Waals surface area contributed by atoms with Crippen LogP contribution in [0.2, 0.25) is 0 Å². The van der Waals surface area contributed by atoms with E-state index in [-0.39, 0.29) is 17.5 Å². The fourth-order valence-corrected chi connectivity index (χ4v) is 5.95. The van der Waals surface area contributed by atoms with Gasteiger partial charge in [0.15, 0.2) is 0 Å². The van der Waals surface area contributed by atoms with E-state index in [1.807, 2.05) is 56.0 Å². The molecule has 0 radical (unpaired) electrons. The van der Waals surface area contributed by atoms with Gasteiger partial charge < -0.3 is 15.3 Å². The molecule has 3 aromatic carbocycles. The van der Waals surface area contributed by atoms with Gasteiger partial charge in [0.2, 0.25) is 0 Å². The highest BCUT2D eigenvalue weighted by molar-refractivity contribution is 5.85. The summed E-state index contributed by atoms with van der Waals surface area (Å²) >= 11 is 0. The van der Waals surface area contributed by atoms with Crippen LogP contribution < -0.4 is 5.32 Å². The monoisotopic (exact) mass is 538 g/mol. The highest BCUT2D eigenvalue weighted by Gasteiger charge is 2.43. The lowest BCUT2D eigenvalue weighted by atomic mass is 9.85. The smallest absolute Gasteiger partial charge is 0.318 e. The zero-order chi connectivity index (χ0) is 28.7. The van der Waals surface area contributed by atoms with Crippen molar-refractivity contribution in [3.05, 3.63) is 94.5 Å². The van der Waals surface area contributed by atoms with E-state index in [2.05, 4.69) is 41.7 Å². The first kappa shape index (κ1) is 28.1. The predicted molar refractivity (Wildman–Crippen MR) is 160 cm³/mol. The normalized spacial score (nSPS) is 18.7. The third-order valence-electron chi connectivity index (χ3n) is 8.23. The number of Topliss-reactive ketones (excluding diaryl/α,β-unsaturated/α-hetero) is 1. The minimum atomic E-state index is -0.932. The largest absolute Gasteiger partial charge is 0.386 e. The summed E-state index contributed by atoms with van der Waals surface area (Å²) in [5.41, 5.74) is 6.63.